The minimum absolute atomic E-state index is 0.00513. The van der Waals surface area contributed by atoms with Crippen molar-refractivity contribution >= 4 is 67.0 Å². The van der Waals surface area contributed by atoms with E-state index in [-0.39, 0.29) is 29.7 Å². The zero-order valence-electron chi connectivity index (χ0n) is 43.3. The maximum absolute atomic E-state index is 7.77. The molecule has 0 saturated heterocycles. The van der Waals surface area contributed by atoms with Crippen LogP contribution in [0.25, 0.3) is 65.6 Å². The van der Waals surface area contributed by atoms with E-state index in [0.717, 1.165) is 41.3 Å². The number of aromatic nitrogens is 1. The summed E-state index contributed by atoms with van der Waals surface area (Å²) in [6.07, 6.45) is 16.8. The maximum Gasteiger partial charge on any atom is 0.310 e. The van der Waals surface area contributed by atoms with Crippen LogP contribution in [0.3, 0.4) is 0 Å². The van der Waals surface area contributed by atoms with Gasteiger partial charge in [-0.3, -0.25) is 0 Å². The van der Waals surface area contributed by atoms with Crippen LogP contribution in [0.15, 0.2) is 146 Å². The summed E-state index contributed by atoms with van der Waals surface area (Å²) in [5, 5.41) is 8.13. The van der Waals surface area contributed by atoms with Gasteiger partial charge in [0.15, 0.2) is 6.23 Å². The van der Waals surface area contributed by atoms with Crippen LogP contribution in [-0.2, 0) is 16.2 Å². The number of rotatable bonds is 4. The van der Waals surface area contributed by atoms with Crippen molar-refractivity contribution in [3.05, 3.63) is 168 Å². The van der Waals surface area contributed by atoms with E-state index in [4.69, 9.17) is 4.74 Å². The third kappa shape index (κ3) is 5.60. The average molecular weight is 961 g/mol. The lowest BCUT2D eigenvalue weighted by molar-refractivity contribution is -0.00527. The van der Waals surface area contributed by atoms with Crippen molar-refractivity contribution < 1.29 is 4.74 Å². The Morgan fingerprint density at radius 1 is 0.514 bits per heavy atom. The molecule has 11 aliphatic rings. The first kappa shape index (κ1) is 42.0. The van der Waals surface area contributed by atoms with Crippen LogP contribution >= 0.6 is 0 Å². The first-order valence-electron chi connectivity index (χ1n) is 29.0. The molecular weight excluding hydrogens is 896 g/mol. The van der Waals surface area contributed by atoms with Crippen molar-refractivity contribution in [3.8, 4) is 28.0 Å². The van der Waals surface area contributed by atoms with Crippen LogP contribution in [0.1, 0.15) is 126 Å². The molecule has 8 aromatic carbocycles. The highest BCUT2D eigenvalue weighted by molar-refractivity contribution is 6.80. The molecule has 3 nitrogen and oxygen atoms in total. The topological polar surface area (TPSA) is 17.4 Å². The van der Waals surface area contributed by atoms with Crippen LogP contribution in [0.4, 0.5) is 11.4 Å². The summed E-state index contributed by atoms with van der Waals surface area (Å²) in [5.74, 6) is 6.38. The van der Waals surface area contributed by atoms with Gasteiger partial charge in [0.25, 0.3) is 0 Å². The van der Waals surface area contributed by atoms with Crippen molar-refractivity contribution in [3.63, 3.8) is 0 Å². The van der Waals surface area contributed by atoms with E-state index in [0.29, 0.717) is 5.41 Å². The molecule has 0 spiro atoms. The summed E-state index contributed by atoms with van der Waals surface area (Å²) < 4.78 is 10.7. The van der Waals surface area contributed by atoms with Gasteiger partial charge in [-0.25, -0.2) is 0 Å². The third-order valence-electron chi connectivity index (χ3n) is 22.0. The lowest BCUT2D eigenvalue weighted by Crippen LogP contribution is -2.60. The second-order valence-corrected chi connectivity index (χ2v) is 27.3. The fraction of sp³-hybridized carbons (Fsp3) is 0.371. The molecule has 8 saturated carbocycles. The van der Waals surface area contributed by atoms with E-state index in [2.05, 4.69) is 176 Å². The predicted octanol–water partition coefficient (Wildman–Crippen LogP) is 16.9. The van der Waals surface area contributed by atoms with Crippen molar-refractivity contribution in [2.45, 2.75) is 126 Å². The summed E-state index contributed by atoms with van der Waals surface area (Å²) in [4.78, 5) is 2.71. The molecule has 3 aliphatic heterocycles. The zero-order valence-corrected chi connectivity index (χ0v) is 43.3. The van der Waals surface area contributed by atoms with Crippen molar-refractivity contribution in [1.82, 2.24) is 4.48 Å². The molecule has 20 rings (SSSR count). The summed E-state index contributed by atoms with van der Waals surface area (Å²) in [5.41, 5.74) is 18.8. The lowest BCUT2D eigenvalue weighted by atomic mass is 9.40. The summed E-state index contributed by atoms with van der Waals surface area (Å²) in [7, 11) is 0. The van der Waals surface area contributed by atoms with E-state index in [1.807, 2.05) is 0 Å². The average Bonchev–Trinajstić information content (AvgIpc) is 3.94. The largest absolute Gasteiger partial charge is 0.470 e. The van der Waals surface area contributed by atoms with Gasteiger partial charge in [-0.05, 0) is 238 Å². The van der Waals surface area contributed by atoms with Crippen molar-refractivity contribution in [1.29, 1.82) is 0 Å². The summed E-state index contributed by atoms with van der Waals surface area (Å²) in [6.45, 7) is 7.06. The molecule has 8 aliphatic carbocycles. The fourth-order valence-corrected chi connectivity index (χ4v) is 19.8. The first-order chi connectivity index (χ1) is 36.1. The molecular formula is C70H65BN2O. The predicted molar refractivity (Wildman–Crippen MR) is 307 cm³/mol. The van der Waals surface area contributed by atoms with Crippen LogP contribution in [0.5, 0.6) is 5.75 Å². The Labute approximate surface area is 436 Å². The molecule has 4 heteroatoms. The van der Waals surface area contributed by atoms with Gasteiger partial charge in [-0.15, -0.1) is 0 Å². The number of benzene rings is 8. The summed E-state index contributed by atoms with van der Waals surface area (Å²) in [6, 6.07) is 58.1. The molecule has 8 fully saturated rings. The van der Waals surface area contributed by atoms with Crippen LogP contribution in [0.2, 0.25) is 0 Å². The van der Waals surface area contributed by atoms with Crippen LogP contribution < -0.4 is 15.1 Å². The standard InChI is InChI=1S/C70H65BN2O/c1-68(2,3)50-17-19-60(54(30-50)46-11-5-4-6-12-46)72-66-53-16-10-9-15-49(53)28-56-58-33-52(70-37-43-24-44(38-70)26-45(25-43)39-70)32-57-55-31-51(69-34-40-21-41(35-69)23-42(22-40)36-69)18-20-61(55)73(65(57)58)71(63(56)66)64-59-27-47-13-7-8-14-48(47)29-62(59)74-67(64)72/h4-20,27-33,40-45,64,67H,21-26,34-39H2,1-3H3. The molecule has 1 aromatic heterocycles. The van der Waals surface area contributed by atoms with Crippen molar-refractivity contribution in [2.24, 2.45) is 35.5 Å². The Balaban J connectivity index is 0.967. The van der Waals surface area contributed by atoms with Gasteiger partial charge in [0.1, 0.15) is 5.75 Å². The van der Waals surface area contributed by atoms with E-state index >= 15 is 0 Å². The molecule has 4 heterocycles. The summed E-state index contributed by atoms with van der Waals surface area (Å²) >= 11 is 0. The number of hydrogen-bond donors (Lipinski definition) is 0. The highest BCUT2D eigenvalue weighted by Crippen LogP contribution is 2.64. The lowest BCUT2D eigenvalue weighted by Gasteiger charge is -2.57. The van der Waals surface area contributed by atoms with E-state index < -0.39 is 0 Å². The van der Waals surface area contributed by atoms with Gasteiger partial charge in [0, 0.05) is 49.8 Å². The van der Waals surface area contributed by atoms with E-state index in [9.17, 15) is 0 Å². The highest BCUT2D eigenvalue weighted by atomic mass is 16.5. The zero-order chi connectivity index (χ0) is 48.6. The SMILES string of the molecule is CC(C)(C)c1ccc(N2c3c4c(cc5ccccc35)-c3cc(C56CC7CC(CC(C7)C5)C6)cc5c6cc(C78CC9CC(CC(C9)C7)C8)ccc6n(c35)B4C3c4cc5ccccc5cc4OC32)c(-c2ccccc2)c1. The maximum atomic E-state index is 7.77. The number of hydrogen-bond acceptors (Lipinski definition) is 2. The Kier molecular flexibility index (Phi) is 8.15. The molecule has 364 valence electrons. The number of nitrogens with zero attached hydrogens (tertiary/aromatic N) is 2. The smallest absolute Gasteiger partial charge is 0.310 e. The Bertz CT molecular complexity index is 3860. The van der Waals surface area contributed by atoms with Gasteiger partial charge >= 0.3 is 6.85 Å². The van der Waals surface area contributed by atoms with E-state index in [1.165, 1.54) is 171 Å². The number of fused-ring (bicyclic) bond motifs is 12. The fourth-order valence-electron chi connectivity index (χ4n) is 19.8. The Morgan fingerprint density at radius 3 is 1.80 bits per heavy atom. The molecule has 9 aromatic rings. The minimum atomic E-state index is -0.299. The first-order valence-corrected chi connectivity index (χ1v) is 29.0. The molecule has 0 N–H and O–H groups in total. The quantitative estimate of drug-likeness (QED) is 0.164. The van der Waals surface area contributed by atoms with Gasteiger partial charge in [-0.1, -0.05) is 112 Å². The number of ether oxygens (including phenoxy) is 1. The van der Waals surface area contributed by atoms with Crippen molar-refractivity contribution in [2.75, 3.05) is 4.90 Å². The molecule has 74 heavy (non-hydrogen) atoms. The highest BCUT2D eigenvalue weighted by Gasteiger charge is 2.58. The third-order valence-corrected chi connectivity index (χ3v) is 22.0. The normalized spacial score (nSPS) is 30.4. The Morgan fingerprint density at radius 2 is 1.12 bits per heavy atom. The molecule has 2 unspecified atom stereocenters. The van der Waals surface area contributed by atoms with Crippen LogP contribution in [0, 0.1) is 35.5 Å². The monoisotopic (exact) mass is 961 g/mol. The van der Waals surface area contributed by atoms with Gasteiger partial charge in [0.05, 0.1) is 5.69 Å². The van der Waals surface area contributed by atoms with Crippen LogP contribution in [-0.4, -0.2) is 17.6 Å². The van der Waals surface area contributed by atoms with Gasteiger partial charge in [-0.2, -0.15) is 0 Å². The van der Waals surface area contributed by atoms with Gasteiger partial charge in [0.2, 0.25) is 0 Å². The molecule has 0 radical (unpaired) electrons. The second-order valence-electron chi connectivity index (χ2n) is 27.3. The Hall–Kier alpha value is -6.26. The minimum Gasteiger partial charge on any atom is -0.470 e. The van der Waals surface area contributed by atoms with Gasteiger partial charge < -0.3 is 14.1 Å². The molecule has 2 atom stereocenters. The number of anilines is 2. The molecule has 8 bridgehead atoms. The molecule has 0 amide bonds. The second kappa shape index (κ2) is 14.4. The van der Waals surface area contributed by atoms with E-state index in [1.54, 1.807) is 11.1 Å².